The van der Waals surface area contributed by atoms with Crippen LogP contribution in [0.3, 0.4) is 0 Å². The molecule has 458 valence electrons. The van der Waals surface area contributed by atoms with Crippen molar-refractivity contribution >= 4 is 207 Å². The Morgan fingerprint density at radius 2 is 0.490 bits per heavy atom. The first-order valence-corrected chi connectivity index (χ1v) is 33.9. The first-order valence-electron chi connectivity index (χ1n) is 33.9. The number of rotatable bonds is 4. The summed E-state index contributed by atoms with van der Waals surface area (Å²) >= 11 is 0. The summed E-state index contributed by atoms with van der Waals surface area (Å²) in [4.78, 5) is 33.4. The van der Waals surface area contributed by atoms with Crippen molar-refractivity contribution in [1.29, 1.82) is 0 Å². The van der Waals surface area contributed by atoms with Crippen molar-refractivity contribution in [2.75, 3.05) is 0 Å². The normalized spacial score (nSPS) is 12.8. The molecule has 0 saturated carbocycles. The Balaban J connectivity index is 0.929. The van der Waals surface area contributed by atoms with Crippen LogP contribution in [0.2, 0.25) is 0 Å². The second kappa shape index (κ2) is 18.2. The van der Waals surface area contributed by atoms with Gasteiger partial charge in [-0.15, -0.1) is 0 Å². The van der Waals surface area contributed by atoms with Crippen LogP contribution in [0, 0.1) is 0 Å². The minimum atomic E-state index is 0.791. The summed E-state index contributed by atoms with van der Waals surface area (Å²) in [6.07, 6.45) is 11.8. The molecule has 0 spiro atoms. The van der Waals surface area contributed by atoms with E-state index in [0.717, 1.165) is 187 Å². The van der Waals surface area contributed by atoms with Gasteiger partial charge in [-0.3, -0.25) is 18.8 Å². The van der Waals surface area contributed by atoms with Crippen LogP contribution in [0.25, 0.3) is 230 Å². The molecule has 25 rings (SSSR count). The molecule has 0 aliphatic rings. The van der Waals surface area contributed by atoms with Gasteiger partial charge in [0.1, 0.15) is 22.3 Å². The first-order chi connectivity index (χ1) is 49.7. The molecular weight excluding hydrogens is 1230 g/mol. The van der Waals surface area contributed by atoms with Crippen LogP contribution < -0.4 is 0 Å². The molecule has 0 aliphatic heterocycles. The molecule has 0 saturated heterocycles. The van der Waals surface area contributed by atoms with Crippen LogP contribution in [0.5, 0.6) is 0 Å². The Labute approximate surface area is 563 Å². The highest BCUT2D eigenvalue weighted by Gasteiger charge is 2.33. The first kappa shape index (κ1) is 51.5. The monoisotopic (exact) mass is 1270 g/mol. The Kier molecular flexibility index (Phi) is 9.36. The number of benzene rings is 12. The van der Waals surface area contributed by atoms with Crippen LogP contribution in [-0.4, -0.2) is 57.0 Å². The lowest BCUT2D eigenvalue weighted by Gasteiger charge is -2.13. The lowest BCUT2D eigenvalue weighted by atomic mass is 10.00. The van der Waals surface area contributed by atoms with Crippen LogP contribution in [0.15, 0.2) is 280 Å². The maximum absolute atomic E-state index is 6.16. The molecule has 0 unspecified atom stereocenters. The average Bonchev–Trinajstić information content (AvgIpc) is 1.49. The Morgan fingerprint density at radius 1 is 0.210 bits per heavy atom. The van der Waals surface area contributed by atoms with Gasteiger partial charge < -0.3 is 18.3 Å². The van der Waals surface area contributed by atoms with Gasteiger partial charge in [-0.1, -0.05) is 146 Å². The van der Waals surface area contributed by atoms with Gasteiger partial charge in [0.05, 0.1) is 101 Å². The summed E-state index contributed by atoms with van der Waals surface area (Å²) in [5, 5.41) is 21.6. The Morgan fingerprint density at radius 3 is 0.810 bits per heavy atom. The third-order valence-electron chi connectivity index (χ3n) is 22.2. The smallest absolute Gasteiger partial charge is 0.145 e. The highest BCUT2D eigenvalue weighted by molar-refractivity contribution is 6.41. The lowest BCUT2D eigenvalue weighted by Crippen LogP contribution is -1.98. The van der Waals surface area contributed by atoms with Gasteiger partial charge in [-0.05, 0) is 97.1 Å². The van der Waals surface area contributed by atoms with E-state index in [1.165, 1.54) is 43.1 Å². The molecule has 0 atom stereocenters. The summed E-state index contributed by atoms with van der Waals surface area (Å²) in [5.74, 6) is 0. The molecule has 13 aromatic heterocycles. The van der Waals surface area contributed by atoms with Crippen LogP contribution in [0.1, 0.15) is 0 Å². The number of hydrogen-bond donors (Lipinski definition) is 0. The maximum atomic E-state index is 6.16. The molecule has 0 aliphatic carbocycles. The van der Waals surface area contributed by atoms with Crippen molar-refractivity contribution in [3.05, 3.63) is 280 Å². The Bertz CT molecular complexity index is 7370. The molecular formula is C88H46N12. The standard InChI is InChI=1S/C88H46N12/c1-9-25-69-51(17-1)52-18-2-10-26-70(52)95(69)47-37-61-63-41-49(97-73-29-13-5-21-55(73)56-22-6-14-30-74(56)97)43-91-87(63)99-83(61)65(39-47)77-81-82(94-80-60-34-36-90-46-68(60)67-45-89-35-33-59(67)79(80)93-81)78-66-40-48(96-71-27-11-3-19-53(71)54-20-4-12-28-72(54)96)38-62-64-42-50(44-92-88(64)100(84(62)66)86(78)85(77)99)98-75-31-15-7-23-57(75)58-24-8-16-32-76(58)98/h1-46H. The van der Waals surface area contributed by atoms with Crippen molar-refractivity contribution in [3.63, 3.8) is 0 Å². The molecule has 0 N–H and O–H groups in total. The third-order valence-corrected chi connectivity index (χ3v) is 22.2. The quantitative estimate of drug-likeness (QED) is 0.128. The number of nitrogens with zero attached hydrogens (tertiary/aromatic N) is 12. The number of fused-ring (bicyclic) bond motifs is 34. The van der Waals surface area contributed by atoms with Gasteiger partial charge in [0.15, 0.2) is 0 Å². The predicted molar refractivity (Wildman–Crippen MR) is 410 cm³/mol. The average molecular weight is 1270 g/mol. The van der Waals surface area contributed by atoms with Crippen molar-refractivity contribution in [2.24, 2.45) is 0 Å². The molecule has 100 heavy (non-hydrogen) atoms. The minimum Gasteiger partial charge on any atom is -0.309 e. The van der Waals surface area contributed by atoms with E-state index in [1.54, 1.807) is 0 Å². The van der Waals surface area contributed by atoms with Crippen molar-refractivity contribution < 1.29 is 0 Å². The fourth-order valence-electron chi connectivity index (χ4n) is 18.3. The summed E-state index contributed by atoms with van der Waals surface area (Å²) in [7, 11) is 0. The zero-order valence-corrected chi connectivity index (χ0v) is 52.9. The second-order valence-corrected chi connectivity index (χ2v) is 27.0. The molecule has 13 heterocycles. The number of hydrogen-bond acceptors (Lipinski definition) is 6. The topological polar surface area (TPSA) is 106 Å². The lowest BCUT2D eigenvalue weighted by molar-refractivity contribution is 1.14. The molecule has 25 aromatic rings. The van der Waals surface area contributed by atoms with Gasteiger partial charge in [0.25, 0.3) is 0 Å². The highest BCUT2D eigenvalue weighted by atomic mass is 15.1. The largest absolute Gasteiger partial charge is 0.309 e. The molecule has 12 heteroatoms. The molecule has 0 radical (unpaired) electrons. The van der Waals surface area contributed by atoms with E-state index in [4.69, 9.17) is 29.9 Å². The van der Waals surface area contributed by atoms with E-state index in [0.29, 0.717) is 0 Å². The summed E-state index contributed by atoms with van der Waals surface area (Å²) in [5.41, 5.74) is 21.8. The van der Waals surface area contributed by atoms with Gasteiger partial charge >= 0.3 is 0 Å². The Hall–Kier alpha value is -13.8. The van der Waals surface area contributed by atoms with E-state index in [9.17, 15) is 0 Å². The van der Waals surface area contributed by atoms with Gasteiger partial charge in [-0.2, -0.15) is 0 Å². The molecule has 12 aromatic carbocycles. The number of para-hydroxylation sites is 8. The van der Waals surface area contributed by atoms with E-state index >= 15 is 0 Å². The number of aromatic nitrogens is 12. The van der Waals surface area contributed by atoms with Crippen LogP contribution in [0.4, 0.5) is 0 Å². The number of pyridine rings is 4. The van der Waals surface area contributed by atoms with Crippen molar-refractivity contribution in [1.82, 2.24) is 57.0 Å². The molecule has 0 amide bonds. The van der Waals surface area contributed by atoms with E-state index in [1.807, 2.05) is 24.8 Å². The van der Waals surface area contributed by atoms with Gasteiger partial charge in [0.2, 0.25) is 0 Å². The fourth-order valence-corrected chi connectivity index (χ4v) is 18.3. The third kappa shape index (κ3) is 6.21. The minimum absolute atomic E-state index is 0.791. The second-order valence-electron chi connectivity index (χ2n) is 27.0. The summed E-state index contributed by atoms with van der Waals surface area (Å²) in [6, 6.07) is 88.7. The molecule has 0 bridgehead atoms. The SMILES string of the molecule is c1ccc2c(c1)c1ccccc1n2-c1cnc2c(c1)c1cc(-n3c4ccccc4c4ccccc43)cc3c4c5nc6c7ccncc7c7cnccc7c6nc5c5c6cc(-n7c8ccccc8c8ccccc87)cc7c8cc(-n9c%10ccccc%10c%10ccccc%109)cnc8n(c76)c5c4n2c13. The van der Waals surface area contributed by atoms with Crippen LogP contribution in [-0.2, 0) is 0 Å². The summed E-state index contributed by atoms with van der Waals surface area (Å²) in [6.45, 7) is 0. The van der Waals surface area contributed by atoms with Crippen molar-refractivity contribution in [2.45, 2.75) is 0 Å². The van der Waals surface area contributed by atoms with Gasteiger partial charge in [0, 0.05) is 144 Å². The fraction of sp³-hybridized carbons (Fsp3) is 0. The van der Waals surface area contributed by atoms with E-state index in [-0.39, 0.29) is 0 Å². The highest BCUT2D eigenvalue weighted by Crippen LogP contribution is 2.53. The predicted octanol–water partition coefficient (Wildman–Crippen LogP) is 21.4. The van der Waals surface area contributed by atoms with Crippen molar-refractivity contribution in [3.8, 4) is 22.7 Å². The summed E-state index contributed by atoms with van der Waals surface area (Å²) < 4.78 is 14.6. The zero-order valence-electron chi connectivity index (χ0n) is 52.9. The van der Waals surface area contributed by atoms with E-state index < -0.39 is 0 Å². The maximum Gasteiger partial charge on any atom is 0.145 e. The zero-order chi connectivity index (χ0) is 64.5. The molecule has 0 fully saturated rings. The van der Waals surface area contributed by atoms with Gasteiger partial charge in [-0.25, -0.2) is 19.9 Å². The molecule has 12 nitrogen and oxygen atoms in total. The van der Waals surface area contributed by atoms with E-state index in [2.05, 4.69) is 282 Å². The van der Waals surface area contributed by atoms with Crippen LogP contribution >= 0.6 is 0 Å².